The average Bonchev–Trinajstić information content (AvgIpc) is 2.86. The van der Waals surface area contributed by atoms with E-state index in [1.807, 2.05) is 18.5 Å². The molecule has 4 heteroatoms. The minimum atomic E-state index is 0.0886. The first kappa shape index (κ1) is 14.0. The lowest BCUT2D eigenvalue weighted by atomic mass is 9.88. The molecule has 3 heterocycles. The maximum absolute atomic E-state index is 6.08. The van der Waals surface area contributed by atoms with Crippen molar-refractivity contribution >= 4 is 0 Å². The molecule has 0 amide bonds. The fourth-order valence-corrected chi connectivity index (χ4v) is 3.36. The van der Waals surface area contributed by atoms with Crippen LogP contribution in [-0.2, 0) is 16.0 Å². The third-order valence-electron chi connectivity index (χ3n) is 4.47. The van der Waals surface area contributed by atoms with Crippen molar-refractivity contribution in [3.8, 4) is 0 Å². The third kappa shape index (κ3) is 3.19. The molecule has 2 aliphatic heterocycles. The predicted octanol–water partition coefficient (Wildman–Crippen LogP) is 2.24. The fourth-order valence-electron chi connectivity index (χ4n) is 3.36. The molecule has 1 atom stereocenters. The molecule has 4 nitrogen and oxygen atoms in total. The maximum Gasteiger partial charge on any atom is 0.0836 e. The summed E-state index contributed by atoms with van der Waals surface area (Å²) < 4.78 is 11.8. The van der Waals surface area contributed by atoms with Crippen LogP contribution in [0.4, 0.5) is 0 Å². The van der Waals surface area contributed by atoms with Gasteiger partial charge in [0.05, 0.1) is 18.3 Å². The number of likely N-dealkylation sites (tertiary alicyclic amines) is 1. The van der Waals surface area contributed by atoms with Gasteiger partial charge in [0.25, 0.3) is 0 Å². The molecule has 0 aliphatic carbocycles. The van der Waals surface area contributed by atoms with Crippen molar-refractivity contribution in [3.63, 3.8) is 0 Å². The van der Waals surface area contributed by atoms with Crippen LogP contribution in [-0.4, -0.2) is 47.9 Å². The predicted molar refractivity (Wildman–Crippen MR) is 77.5 cm³/mol. The van der Waals surface area contributed by atoms with Crippen molar-refractivity contribution in [2.24, 2.45) is 0 Å². The van der Waals surface area contributed by atoms with E-state index < -0.39 is 0 Å². The van der Waals surface area contributed by atoms with Crippen LogP contribution in [0.3, 0.4) is 0 Å². The average molecular weight is 276 g/mol. The second-order valence-electron chi connectivity index (χ2n) is 5.91. The summed E-state index contributed by atoms with van der Waals surface area (Å²) >= 11 is 0. The van der Waals surface area contributed by atoms with Crippen LogP contribution >= 0.6 is 0 Å². The summed E-state index contributed by atoms with van der Waals surface area (Å²) in [5, 5.41) is 0. The molecule has 0 aromatic carbocycles. The van der Waals surface area contributed by atoms with Crippen molar-refractivity contribution < 1.29 is 9.47 Å². The first-order chi connectivity index (χ1) is 9.80. The highest BCUT2D eigenvalue weighted by atomic mass is 16.6. The van der Waals surface area contributed by atoms with Gasteiger partial charge in [-0.15, -0.1) is 0 Å². The minimum Gasteiger partial charge on any atom is -0.376 e. The minimum absolute atomic E-state index is 0.0886. The Morgan fingerprint density at radius 2 is 2.30 bits per heavy atom. The molecule has 0 radical (unpaired) electrons. The zero-order valence-electron chi connectivity index (χ0n) is 12.3. The van der Waals surface area contributed by atoms with Gasteiger partial charge in [-0.25, -0.2) is 0 Å². The summed E-state index contributed by atoms with van der Waals surface area (Å²) in [5.74, 6) is 0. The highest BCUT2D eigenvalue weighted by Crippen LogP contribution is 2.37. The van der Waals surface area contributed by atoms with Gasteiger partial charge >= 0.3 is 0 Å². The molecule has 1 unspecified atom stereocenters. The van der Waals surface area contributed by atoms with E-state index >= 15 is 0 Å². The second kappa shape index (κ2) is 6.20. The van der Waals surface area contributed by atoms with Crippen molar-refractivity contribution in [2.45, 2.75) is 44.4 Å². The molecule has 0 bridgehead atoms. The molecule has 0 N–H and O–H groups in total. The van der Waals surface area contributed by atoms with Gasteiger partial charge in [-0.2, -0.15) is 0 Å². The molecule has 1 spiro atoms. The number of nitrogens with zero attached hydrogens (tertiary/aromatic N) is 2. The number of hydrogen-bond donors (Lipinski definition) is 0. The highest BCUT2D eigenvalue weighted by molar-refractivity contribution is 5.08. The molecule has 2 fully saturated rings. The molecule has 1 aromatic rings. The normalized spacial score (nSPS) is 26.1. The Morgan fingerprint density at radius 1 is 1.45 bits per heavy atom. The number of hydrogen-bond acceptors (Lipinski definition) is 4. The van der Waals surface area contributed by atoms with Crippen molar-refractivity contribution in [3.05, 3.63) is 30.1 Å². The van der Waals surface area contributed by atoms with E-state index in [4.69, 9.17) is 9.47 Å². The largest absolute Gasteiger partial charge is 0.376 e. The van der Waals surface area contributed by atoms with E-state index in [0.29, 0.717) is 6.10 Å². The van der Waals surface area contributed by atoms with Gasteiger partial charge in [0, 0.05) is 45.1 Å². The smallest absolute Gasteiger partial charge is 0.0836 e. The number of aromatic nitrogens is 1. The number of pyridine rings is 1. The van der Waals surface area contributed by atoms with Gasteiger partial charge in [-0.05, 0) is 31.4 Å². The molecular weight excluding hydrogens is 252 g/mol. The molecular formula is C16H24N2O2. The van der Waals surface area contributed by atoms with Gasteiger partial charge in [0.2, 0.25) is 0 Å². The highest BCUT2D eigenvalue weighted by Gasteiger charge is 2.42. The maximum atomic E-state index is 6.08. The standard InChI is InChI=1S/C16H24N2O2/c1-2-19-15-10-16(20-13-15)5-8-18(9-6-16)12-14-4-3-7-17-11-14/h3-4,7,11,15H,2,5-6,8-10,12-13H2,1H3. The molecule has 1 aromatic heterocycles. The van der Waals surface area contributed by atoms with Crippen LogP contribution in [0.15, 0.2) is 24.5 Å². The number of piperidine rings is 1. The first-order valence-corrected chi connectivity index (χ1v) is 7.66. The molecule has 0 saturated carbocycles. The SMILES string of the molecule is CCOC1COC2(CCN(Cc3cccnc3)CC2)C1. The Bertz CT molecular complexity index is 416. The van der Waals surface area contributed by atoms with Crippen LogP contribution in [0.2, 0.25) is 0 Å². The summed E-state index contributed by atoms with van der Waals surface area (Å²) in [6.07, 6.45) is 7.41. The van der Waals surface area contributed by atoms with Gasteiger partial charge in [-0.3, -0.25) is 9.88 Å². The summed E-state index contributed by atoms with van der Waals surface area (Å²) in [4.78, 5) is 6.68. The fraction of sp³-hybridized carbons (Fsp3) is 0.688. The lowest BCUT2D eigenvalue weighted by Gasteiger charge is -2.38. The van der Waals surface area contributed by atoms with Crippen LogP contribution in [0.1, 0.15) is 31.7 Å². The van der Waals surface area contributed by atoms with E-state index in [0.717, 1.165) is 52.1 Å². The number of rotatable bonds is 4. The summed E-state index contributed by atoms with van der Waals surface area (Å²) in [6.45, 7) is 6.83. The van der Waals surface area contributed by atoms with Crippen LogP contribution in [0.5, 0.6) is 0 Å². The van der Waals surface area contributed by atoms with E-state index in [-0.39, 0.29) is 5.60 Å². The quantitative estimate of drug-likeness (QED) is 0.845. The van der Waals surface area contributed by atoms with Gasteiger partial charge in [-0.1, -0.05) is 6.07 Å². The van der Waals surface area contributed by atoms with E-state index in [2.05, 4.69) is 22.9 Å². The van der Waals surface area contributed by atoms with Gasteiger partial charge < -0.3 is 9.47 Å². The Labute approximate surface area is 121 Å². The van der Waals surface area contributed by atoms with E-state index in [9.17, 15) is 0 Å². The second-order valence-corrected chi connectivity index (χ2v) is 5.91. The zero-order valence-corrected chi connectivity index (χ0v) is 12.3. The molecule has 2 aliphatic rings. The molecule has 20 heavy (non-hydrogen) atoms. The van der Waals surface area contributed by atoms with E-state index in [1.54, 1.807) is 0 Å². The van der Waals surface area contributed by atoms with Gasteiger partial charge in [0.1, 0.15) is 0 Å². The topological polar surface area (TPSA) is 34.6 Å². The van der Waals surface area contributed by atoms with Gasteiger partial charge in [0.15, 0.2) is 0 Å². The van der Waals surface area contributed by atoms with Crippen molar-refractivity contribution in [1.82, 2.24) is 9.88 Å². The monoisotopic (exact) mass is 276 g/mol. The number of ether oxygens (including phenoxy) is 2. The Hall–Kier alpha value is -0.970. The summed E-state index contributed by atoms with van der Waals surface area (Å²) in [6, 6.07) is 4.15. The van der Waals surface area contributed by atoms with Crippen molar-refractivity contribution in [1.29, 1.82) is 0 Å². The van der Waals surface area contributed by atoms with E-state index in [1.165, 1.54) is 5.56 Å². The summed E-state index contributed by atoms with van der Waals surface area (Å²) in [7, 11) is 0. The zero-order chi connectivity index (χ0) is 13.8. The Morgan fingerprint density at radius 3 is 3.00 bits per heavy atom. The lowest BCUT2D eigenvalue weighted by Crippen LogP contribution is -2.43. The summed E-state index contributed by atoms with van der Waals surface area (Å²) in [5.41, 5.74) is 1.38. The van der Waals surface area contributed by atoms with Crippen LogP contribution in [0.25, 0.3) is 0 Å². The molecule has 3 rings (SSSR count). The molecule has 2 saturated heterocycles. The Balaban J connectivity index is 1.50. The van der Waals surface area contributed by atoms with Crippen molar-refractivity contribution in [2.75, 3.05) is 26.3 Å². The Kier molecular flexibility index (Phi) is 4.34. The van der Waals surface area contributed by atoms with Crippen LogP contribution in [0, 0.1) is 0 Å². The lowest BCUT2D eigenvalue weighted by molar-refractivity contribution is -0.0464. The van der Waals surface area contributed by atoms with Crippen LogP contribution < -0.4 is 0 Å². The molecule has 110 valence electrons. The third-order valence-corrected chi connectivity index (χ3v) is 4.47. The first-order valence-electron chi connectivity index (χ1n) is 7.66.